The van der Waals surface area contributed by atoms with Gasteiger partial charge in [0.25, 0.3) is 0 Å². The number of aromatic nitrogens is 2. The minimum atomic E-state index is -0.719. The maximum absolute atomic E-state index is 13.7. The molecule has 4 N–H and O–H groups in total. The van der Waals surface area contributed by atoms with Gasteiger partial charge in [0.2, 0.25) is 5.91 Å². The topological polar surface area (TPSA) is 83.8 Å². The van der Waals surface area contributed by atoms with Crippen molar-refractivity contribution in [2.75, 3.05) is 5.73 Å². The Morgan fingerprint density at radius 3 is 2.56 bits per heavy atom. The number of hydrogen-bond acceptors (Lipinski definition) is 3. The highest BCUT2D eigenvalue weighted by Crippen LogP contribution is 2.27. The first-order chi connectivity index (χ1) is 15.3. The van der Waals surface area contributed by atoms with Crippen molar-refractivity contribution in [2.45, 2.75) is 18.9 Å². The molecule has 0 radical (unpaired) electrons. The molecular weight excluding hydrogens is 485 g/mol. The van der Waals surface area contributed by atoms with E-state index < -0.39 is 23.5 Å². The van der Waals surface area contributed by atoms with Crippen molar-refractivity contribution in [2.24, 2.45) is 0 Å². The quantitative estimate of drug-likeness (QED) is 0.348. The molecule has 0 saturated carbocycles. The van der Waals surface area contributed by atoms with Gasteiger partial charge in [0.15, 0.2) is 0 Å². The molecule has 0 spiro atoms. The van der Waals surface area contributed by atoms with Crippen LogP contribution in [-0.2, 0) is 17.6 Å². The first kappa shape index (κ1) is 21.9. The van der Waals surface area contributed by atoms with E-state index in [1.807, 2.05) is 0 Å². The highest BCUT2D eigenvalue weighted by molar-refractivity contribution is 9.10. The predicted molar refractivity (Wildman–Crippen MR) is 119 cm³/mol. The fourth-order valence-electron chi connectivity index (χ4n) is 3.61. The van der Waals surface area contributed by atoms with E-state index in [9.17, 15) is 18.0 Å². The molecule has 4 rings (SSSR count). The van der Waals surface area contributed by atoms with E-state index in [1.165, 1.54) is 24.3 Å². The number of nitrogens with one attached hydrogen (secondary N) is 2. The minimum absolute atomic E-state index is 0.0304. The van der Waals surface area contributed by atoms with Gasteiger partial charge in [0, 0.05) is 27.6 Å². The number of aromatic amines is 1. The zero-order chi connectivity index (χ0) is 22.8. The summed E-state index contributed by atoms with van der Waals surface area (Å²) >= 11 is 3.40. The lowest BCUT2D eigenvalue weighted by Gasteiger charge is -2.20. The Labute approximate surface area is 190 Å². The lowest BCUT2D eigenvalue weighted by atomic mass is 10.0. The van der Waals surface area contributed by atoms with E-state index in [-0.39, 0.29) is 24.6 Å². The monoisotopic (exact) mass is 502 g/mol. The lowest BCUT2D eigenvalue weighted by Crippen LogP contribution is -2.32. The van der Waals surface area contributed by atoms with E-state index in [0.717, 1.165) is 6.07 Å². The average Bonchev–Trinajstić information content (AvgIpc) is 3.10. The van der Waals surface area contributed by atoms with Crippen molar-refractivity contribution in [3.8, 4) is 0 Å². The number of amides is 1. The lowest BCUT2D eigenvalue weighted by molar-refractivity contribution is -0.121. The molecule has 0 aliphatic heterocycles. The van der Waals surface area contributed by atoms with Crippen LogP contribution >= 0.6 is 15.9 Å². The summed E-state index contributed by atoms with van der Waals surface area (Å²) in [4.78, 5) is 20.2. The first-order valence-corrected chi connectivity index (χ1v) is 10.5. The van der Waals surface area contributed by atoms with E-state index in [0.29, 0.717) is 32.2 Å². The van der Waals surface area contributed by atoms with Crippen molar-refractivity contribution in [3.05, 3.63) is 93.5 Å². The van der Waals surface area contributed by atoms with Crippen molar-refractivity contribution in [1.29, 1.82) is 0 Å². The number of carbonyl (C=O) groups is 1. The van der Waals surface area contributed by atoms with Gasteiger partial charge in [-0.05, 0) is 75.9 Å². The molecule has 0 bridgehead atoms. The molecule has 0 aliphatic rings. The molecule has 2 aromatic carbocycles. The van der Waals surface area contributed by atoms with E-state index >= 15 is 0 Å². The fourth-order valence-corrected chi connectivity index (χ4v) is 4.11. The summed E-state index contributed by atoms with van der Waals surface area (Å²) in [5, 5.41) is 3.47. The normalized spacial score (nSPS) is 12.1. The Morgan fingerprint density at radius 2 is 1.81 bits per heavy atom. The molecule has 1 amide bonds. The van der Waals surface area contributed by atoms with Crippen LogP contribution in [0.3, 0.4) is 0 Å². The van der Waals surface area contributed by atoms with Crippen molar-refractivity contribution >= 4 is 38.6 Å². The smallest absolute Gasteiger partial charge is 0.225 e. The predicted octanol–water partition coefficient (Wildman–Crippen LogP) is 4.97. The van der Waals surface area contributed by atoms with Crippen LogP contribution in [0.5, 0.6) is 0 Å². The van der Waals surface area contributed by atoms with Crippen molar-refractivity contribution in [1.82, 2.24) is 15.3 Å². The van der Waals surface area contributed by atoms with Crippen LogP contribution in [0.15, 0.2) is 59.2 Å². The number of pyridine rings is 1. The number of benzene rings is 2. The molecule has 1 atom stereocenters. The van der Waals surface area contributed by atoms with Crippen molar-refractivity contribution in [3.63, 3.8) is 0 Å². The molecule has 9 heteroatoms. The molecule has 32 heavy (non-hydrogen) atoms. The fraction of sp³-hybridized carbons (Fsp3) is 0.130. The third-order valence-corrected chi connectivity index (χ3v) is 5.67. The number of fused-ring (bicyclic) bond motifs is 1. The number of carbonyl (C=O) groups excluding carboxylic acids is 1. The Hall–Kier alpha value is -3.33. The molecule has 1 unspecified atom stereocenters. The van der Waals surface area contributed by atoms with Crippen molar-refractivity contribution < 1.29 is 18.0 Å². The summed E-state index contributed by atoms with van der Waals surface area (Å²) in [6.07, 6.45) is 1.70. The molecule has 164 valence electrons. The number of nitrogens with two attached hydrogens (primary N) is 1. The molecule has 5 nitrogen and oxygen atoms in total. The second-order valence-corrected chi connectivity index (χ2v) is 8.24. The summed E-state index contributed by atoms with van der Waals surface area (Å²) in [6.45, 7) is 0. The number of rotatable bonds is 6. The van der Waals surface area contributed by atoms with Gasteiger partial charge < -0.3 is 16.0 Å². The standard InChI is InChI=1S/C23H18BrF3N4O/c24-18-2-4-21(28)31-23(18)20(7-12-5-15(26)9-16(27)6-12)30-22(32)8-13-11-29-19-3-1-14(25)10-17(13)19/h1-6,9-11,20,29H,7-8H2,(H2,28,31)(H,30,32). The second kappa shape index (κ2) is 9.04. The van der Waals surface area contributed by atoms with E-state index in [4.69, 9.17) is 5.73 Å². The Balaban J connectivity index is 1.62. The molecule has 4 aromatic rings. The minimum Gasteiger partial charge on any atom is -0.384 e. The zero-order valence-electron chi connectivity index (χ0n) is 16.6. The summed E-state index contributed by atoms with van der Waals surface area (Å²) < 4.78 is 41.7. The van der Waals surface area contributed by atoms with Gasteiger partial charge in [0.1, 0.15) is 23.3 Å². The van der Waals surface area contributed by atoms with Gasteiger partial charge in [-0.2, -0.15) is 0 Å². The highest BCUT2D eigenvalue weighted by Gasteiger charge is 2.21. The maximum Gasteiger partial charge on any atom is 0.225 e. The van der Waals surface area contributed by atoms with Gasteiger partial charge in [-0.1, -0.05) is 0 Å². The Morgan fingerprint density at radius 1 is 1.06 bits per heavy atom. The summed E-state index contributed by atoms with van der Waals surface area (Å²) in [7, 11) is 0. The summed E-state index contributed by atoms with van der Waals surface area (Å²) in [5.41, 5.74) is 7.92. The molecule has 2 aromatic heterocycles. The summed E-state index contributed by atoms with van der Waals surface area (Å²) in [5.74, 6) is -1.97. The van der Waals surface area contributed by atoms with Crippen LogP contribution in [0.1, 0.15) is 22.9 Å². The van der Waals surface area contributed by atoms with Gasteiger partial charge in [0.05, 0.1) is 18.2 Å². The number of nitrogen functional groups attached to an aromatic ring is 1. The van der Waals surface area contributed by atoms with Crippen LogP contribution in [0.4, 0.5) is 19.0 Å². The third-order valence-electron chi connectivity index (χ3n) is 5.00. The second-order valence-electron chi connectivity index (χ2n) is 7.39. The van der Waals surface area contributed by atoms with Crippen LogP contribution in [-0.4, -0.2) is 15.9 Å². The van der Waals surface area contributed by atoms with Crippen LogP contribution < -0.4 is 11.1 Å². The molecule has 0 aliphatic carbocycles. The van der Waals surface area contributed by atoms with Gasteiger partial charge in [-0.25, -0.2) is 18.2 Å². The number of halogens is 4. The highest BCUT2D eigenvalue weighted by atomic mass is 79.9. The molecule has 0 saturated heterocycles. The molecule has 2 heterocycles. The zero-order valence-corrected chi connectivity index (χ0v) is 18.2. The number of H-pyrrole nitrogens is 1. The number of anilines is 1. The van der Waals surface area contributed by atoms with E-state index in [1.54, 1.807) is 24.4 Å². The largest absolute Gasteiger partial charge is 0.384 e. The van der Waals surface area contributed by atoms with Gasteiger partial charge in [-0.3, -0.25) is 4.79 Å². The van der Waals surface area contributed by atoms with Gasteiger partial charge >= 0.3 is 0 Å². The van der Waals surface area contributed by atoms with Crippen LogP contribution in [0.2, 0.25) is 0 Å². The first-order valence-electron chi connectivity index (χ1n) is 9.70. The number of hydrogen-bond donors (Lipinski definition) is 3. The van der Waals surface area contributed by atoms with Crippen LogP contribution in [0, 0.1) is 17.5 Å². The third kappa shape index (κ3) is 4.94. The van der Waals surface area contributed by atoms with E-state index in [2.05, 4.69) is 31.2 Å². The average molecular weight is 503 g/mol. The Bertz CT molecular complexity index is 1290. The Kier molecular flexibility index (Phi) is 6.18. The van der Waals surface area contributed by atoms with Crippen LogP contribution in [0.25, 0.3) is 10.9 Å². The molecular formula is C23H18BrF3N4O. The van der Waals surface area contributed by atoms with Gasteiger partial charge in [-0.15, -0.1) is 0 Å². The SMILES string of the molecule is Nc1ccc(Br)c(C(Cc2cc(F)cc(F)c2)NC(=O)Cc2c[nH]c3ccc(F)cc23)n1. The molecule has 0 fully saturated rings. The maximum atomic E-state index is 13.7. The number of nitrogens with zero attached hydrogens (tertiary/aromatic N) is 1. The summed E-state index contributed by atoms with van der Waals surface area (Å²) in [6, 6.07) is 10.0.